The normalized spacial score (nSPS) is 16.3. The summed E-state index contributed by atoms with van der Waals surface area (Å²) in [5, 5.41) is 6.87. The van der Waals surface area contributed by atoms with Gasteiger partial charge in [-0.25, -0.2) is 4.99 Å². The highest BCUT2D eigenvalue weighted by molar-refractivity contribution is 5.80. The minimum Gasteiger partial charge on any atom is -0.381 e. The van der Waals surface area contributed by atoms with Gasteiger partial charge in [0.25, 0.3) is 0 Å². The van der Waals surface area contributed by atoms with Gasteiger partial charge >= 0.3 is 0 Å². The quantitative estimate of drug-likeness (QED) is 0.498. The summed E-state index contributed by atoms with van der Waals surface area (Å²) in [6.07, 6.45) is 2.31. The highest BCUT2D eigenvalue weighted by atomic mass is 16.5. The van der Waals surface area contributed by atoms with E-state index >= 15 is 0 Å². The summed E-state index contributed by atoms with van der Waals surface area (Å²) < 4.78 is 11.4. The molecule has 0 aliphatic carbocycles. The average Bonchev–Trinajstić information content (AvgIpc) is 2.78. The van der Waals surface area contributed by atoms with Gasteiger partial charge in [0.05, 0.1) is 25.3 Å². The lowest BCUT2D eigenvalue weighted by molar-refractivity contribution is -0.0390. The molecule has 1 aliphatic heterocycles. The fraction of sp³-hybridized carbons (Fsp3) is 0.480. The van der Waals surface area contributed by atoms with Crippen molar-refractivity contribution in [3.8, 4) is 0 Å². The van der Waals surface area contributed by atoms with E-state index in [0.717, 1.165) is 38.6 Å². The highest BCUT2D eigenvalue weighted by Gasteiger charge is 2.14. The van der Waals surface area contributed by atoms with Gasteiger partial charge in [0, 0.05) is 19.8 Å². The topological polar surface area (TPSA) is 54.9 Å². The Balaban J connectivity index is 1.54. The molecule has 0 aromatic heterocycles. The zero-order chi connectivity index (χ0) is 21.2. The van der Waals surface area contributed by atoms with Gasteiger partial charge in [-0.3, -0.25) is 0 Å². The van der Waals surface area contributed by atoms with Crippen LogP contribution in [0, 0.1) is 6.92 Å². The number of hydrogen-bond acceptors (Lipinski definition) is 3. The molecule has 2 aromatic rings. The van der Waals surface area contributed by atoms with Crippen molar-refractivity contribution >= 4 is 5.96 Å². The van der Waals surface area contributed by atoms with Crippen LogP contribution in [0.15, 0.2) is 53.5 Å². The Morgan fingerprint density at radius 3 is 2.50 bits per heavy atom. The van der Waals surface area contributed by atoms with E-state index in [1.165, 1.54) is 22.3 Å². The fourth-order valence-electron chi connectivity index (χ4n) is 3.64. The summed E-state index contributed by atoms with van der Waals surface area (Å²) >= 11 is 0. The van der Waals surface area contributed by atoms with Crippen molar-refractivity contribution in [2.75, 3.05) is 19.8 Å². The number of nitrogens with one attached hydrogen (secondary N) is 2. The van der Waals surface area contributed by atoms with Crippen LogP contribution in [0.2, 0.25) is 0 Å². The van der Waals surface area contributed by atoms with Gasteiger partial charge in [0.2, 0.25) is 0 Å². The van der Waals surface area contributed by atoms with Gasteiger partial charge in [-0.1, -0.05) is 48.5 Å². The molecular weight excluding hydrogens is 374 g/mol. The van der Waals surface area contributed by atoms with Crippen LogP contribution in [0.1, 0.15) is 55.0 Å². The molecule has 162 valence electrons. The molecule has 5 heteroatoms. The first-order valence-corrected chi connectivity index (χ1v) is 11.0. The third-order valence-electron chi connectivity index (χ3n) is 5.45. The largest absolute Gasteiger partial charge is 0.381 e. The van der Waals surface area contributed by atoms with Gasteiger partial charge < -0.3 is 20.1 Å². The summed E-state index contributed by atoms with van der Waals surface area (Å²) in [6, 6.07) is 17.2. The van der Waals surface area contributed by atoms with Crippen molar-refractivity contribution in [1.82, 2.24) is 10.6 Å². The van der Waals surface area contributed by atoms with Gasteiger partial charge in [-0.15, -0.1) is 0 Å². The first-order chi connectivity index (χ1) is 14.7. The molecule has 2 N–H and O–H groups in total. The van der Waals surface area contributed by atoms with Crippen LogP contribution in [0.3, 0.4) is 0 Å². The molecule has 0 saturated carbocycles. The predicted molar refractivity (Wildman–Crippen MR) is 123 cm³/mol. The maximum atomic E-state index is 6.01. The third-order valence-corrected chi connectivity index (χ3v) is 5.45. The molecular formula is C25H35N3O2. The Labute approximate surface area is 180 Å². The standard InChI is InChI=1S/C25H35N3O2/c1-4-26-25(28-20(3)24-8-6-5-7-19(24)2)27-17-21-9-11-22(12-10-21)18-30-23-13-15-29-16-14-23/h5-12,20,23H,4,13-18H2,1-3H3,(H2,26,27,28). The van der Waals surface area contributed by atoms with Gasteiger partial charge in [0.15, 0.2) is 5.96 Å². The van der Waals surface area contributed by atoms with Crippen LogP contribution < -0.4 is 10.6 Å². The number of guanidine groups is 1. The molecule has 1 aliphatic rings. The Morgan fingerprint density at radius 2 is 1.80 bits per heavy atom. The molecule has 1 heterocycles. The zero-order valence-corrected chi connectivity index (χ0v) is 18.5. The summed E-state index contributed by atoms with van der Waals surface area (Å²) in [7, 11) is 0. The minimum atomic E-state index is 0.189. The second-order valence-electron chi connectivity index (χ2n) is 7.86. The summed E-state index contributed by atoms with van der Waals surface area (Å²) in [5.41, 5.74) is 4.96. The van der Waals surface area contributed by atoms with Crippen molar-refractivity contribution in [3.05, 3.63) is 70.8 Å². The maximum Gasteiger partial charge on any atom is 0.192 e. The lowest BCUT2D eigenvalue weighted by Gasteiger charge is -2.22. The first-order valence-electron chi connectivity index (χ1n) is 11.0. The van der Waals surface area contributed by atoms with E-state index in [1.807, 2.05) is 0 Å². The predicted octanol–water partition coefficient (Wildman–Crippen LogP) is 4.51. The SMILES string of the molecule is CCNC(=NCc1ccc(COC2CCOCC2)cc1)NC(C)c1ccccc1C. The molecule has 0 bridgehead atoms. The summed E-state index contributed by atoms with van der Waals surface area (Å²) in [4.78, 5) is 4.78. The monoisotopic (exact) mass is 409 g/mol. The van der Waals surface area contributed by atoms with E-state index in [4.69, 9.17) is 14.5 Å². The average molecular weight is 410 g/mol. The Hall–Kier alpha value is -2.37. The van der Waals surface area contributed by atoms with E-state index in [2.05, 4.69) is 79.9 Å². The lowest BCUT2D eigenvalue weighted by Crippen LogP contribution is -2.38. The minimum absolute atomic E-state index is 0.189. The number of hydrogen-bond donors (Lipinski definition) is 2. The number of aryl methyl sites for hydroxylation is 1. The summed E-state index contributed by atoms with van der Waals surface area (Å²) in [6.45, 7) is 10.1. The summed E-state index contributed by atoms with van der Waals surface area (Å²) in [5.74, 6) is 0.834. The van der Waals surface area contributed by atoms with E-state index in [-0.39, 0.29) is 6.04 Å². The smallest absolute Gasteiger partial charge is 0.192 e. The van der Waals surface area contributed by atoms with E-state index in [0.29, 0.717) is 19.3 Å². The van der Waals surface area contributed by atoms with Crippen molar-refractivity contribution in [2.24, 2.45) is 4.99 Å². The maximum absolute atomic E-state index is 6.01. The molecule has 30 heavy (non-hydrogen) atoms. The molecule has 1 saturated heterocycles. The fourth-order valence-corrected chi connectivity index (χ4v) is 3.64. The van der Waals surface area contributed by atoms with Gasteiger partial charge in [-0.2, -0.15) is 0 Å². The molecule has 5 nitrogen and oxygen atoms in total. The molecule has 1 atom stereocenters. The molecule has 0 amide bonds. The number of nitrogens with zero attached hydrogens (tertiary/aromatic N) is 1. The van der Waals surface area contributed by atoms with Crippen LogP contribution in [-0.4, -0.2) is 31.8 Å². The Kier molecular flexibility index (Phi) is 8.72. The van der Waals surface area contributed by atoms with Gasteiger partial charge in [-0.05, 0) is 55.9 Å². The van der Waals surface area contributed by atoms with Gasteiger partial charge in [0.1, 0.15) is 0 Å². The zero-order valence-electron chi connectivity index (χ0n) is 18.5. The van der Waals surface area contributed by atoms with Crippen LogP contribution in [0.4, 0.5) is 0 Å². The van der Waals surface area contributed by atoms with E-state index in [1.54, 1.807) is 0 Å². The van der Waals surface area contributed by atoms with E-state index < -0.39 is 0 Å². The number of aliphatic imine (C=N–C) groups is 1. The Morgan fingerprint density at radius 1 is 1.10 bits per heavy atom. The van der Waals surface area contributed by atoms with Crippen LogP contribution in [-0.2, 0) is 22.6 Å². The lowest BCUT2D eigenvalue weighted by atomic mass is 10.0. The number of ether oxygens (including phenoxy) is 2. The Bertz CT molecular complexity index is 798. The van der Waals surface area contributed by atoms with Crippen molar-refractivity contribution in [3.63, 3.8) is 0 Å². The molecule has 0 spiro atoms. The third kappa shape index (κ3) is 6.85. The highest BCUT2D eigenvalue weighted by Crippen LogP contribution is 2.17. The second-order valence-corrected chi connectivity index (χ2v) is 7.86. The van der Waals surface area contributed by atoms with Crippen molar-refractivity contribution in [1.29, 1.82) is 0 Å². The van der Waals surface area contributed by atoms with E-state index in [9.17, 15) is 0 Å². The van der Waals surface area contributed by atoms with Crippen LogP contribution >= 0.6 is 0 Å². The molecule has 0 radical (unpaired) electrons. The molecule has 2 aromatic carbocycles. The van der Waals surface area contributed by atoms with Crippen molar-refractivity contribution < 1.29 is 9.47 Å². The number of rotatable bonds is 8. The molecule has 1 fully saturated rings. The number of benzene rings is 2. The second kappa shape index (κ2) is 11.7. The molecule has 1 unspecified atom stereocenters. The first kappa shape index (κ1) is 22.3. The van der Waals surface area contributed by atoms with Crippen LogP contribution in [0.5, 0.6) is 0 Å². The molecule has 3 rings (SSSR count). The van der Waals surface area contributed by atoms with Crippen molar-refractivity contribution in [2.45, 2.75) is 58.9 Å². The van der Waals surface area contributed by atoms with Crippen LogP contribution in [0.25, 0.3) is 0 Å².